The topological polar surface area (TPSA) is 50.2 Å². The number of aromatic nitrogens is 2. The molecule has 0 spiro atoms. The van der Waals surface area contributed by atoms with Crippen molar-refractivity contribution in [3.05, 3.63) is 39.6 Å². The van der Waals surface area contributed by atoms with Gasteiger partial charge in [0.1, 0.15) is 5.69 Å². The molecule has 110 valence electrons. The number of halogens is 3. The smallest absolute Gasteiger partial charge is 0.245 e. The molecule has 8 heteroatoms. The number of nitrogens with zero attached hydrogens (tertiary/aromatic N) is 3. The summed E-state index contributed by atoms with van der Waals surface area (Å²) in [5.41, 5.74) is 2.82. The van der Waals surface area contributed by atoms with E-state index in [1.165, 1.54) is 18.3 Å². The summed E-state index contributed by atoms with van der Waals surface area (Å²) >= 11 is 0.932. The van der Waals surface area contributed by atoms with Crippen LogP contribution in [-0.4, -0.2) is 16.2 Å². The van der Waals surface area contributed by atoms with Crippen LogP contribution < -0.4 is 5.43 Å². The lowest BCUT2D eigenvalue weighted by atomic mass is 10.2. The van der Waals surface area contributed by atoms with Gasteiger partial charge in [0, 0.05) is 11.6 Å². The van der Waals surface area contributed by atoms with Crippen molar-refractivity contribution >= 4 is 23.5 Å². The van der Waals surface area contributed by atoms with Gasteiger partial charge < -0.3 is 0 Å². The van der Waals surface area contributed by atoms with Crippen LogP contribution in [0.2, 0.25) is 0 Å². The maximum Gasteiger partial charge on any atom is 0.280 e. The highest BCUT2D eigenvalue weighted by Crippen LogP contribution is 2.40. The average Bonchev–Trinajstić information content (AvgIpc) is 3.22. The highest BCUT2D eigenvalue weighted by atomic mass is 32.1. The molecular weight excluding hydrogens is 301 g/mol. The number of alkyl halides is 2. The molecule has 0 amide bonds. The lowest BCUT2D eigenvalue weighted by Gasteiger charge is -2.06. The van der Waals surface area contributed by atoms with E-state index < -0.39 is 6.43 Å². The van der Waals surface area contributed by atoms with Crippen LogP contribution in [0.15, 0.2) is 23.3 Å². The molecule has 1 aliphatic carbocycles. The van der Waals surface area contributed by atoms with Crippen molar-refractivity contribution in [3.8, 4) is 0 Å². The molecule has 0 atom stereocenters. The lowest BCUT2D eigenvalue weighted by molar-refractivity contribution is 0.146. The zero-order valence-electron chi connectivity index (χ0n) is 10.8. The molecule has 1 saturated carbocycles. The Labute approximate surface area is 122 Å². The Bertz CT molecular complexity index is 647. The van der Waals surface area contributed by atoms with Crippen molar-refractivity contribution in [2.24, 2.45) is 5.10 Å². The number of nitrogens with one attached hydrogen (secondary N) is 1. The van der Waals surface area contributed by atoms with Crippen molar-refractivity contribution < 1.29 is 13.2 Å². The number of hydrogen-bond donors (Lipinski definition) is 1. The maximum atomic E-state index is 12.8. The van der Waals surface area contributed by atoms with Gasteiger partial charge in [-0.05, 0) is 31.0 Å². The molecule has 0 aromatic carbocycles. The molecule has 1 fully saturated rings. The van der Waals surface area contributed by atoms with Crippen molar-refractivity contribution in [1.82, 2.24) is 9.97 Å². The molecule has 2 aromatic heterocycles. The van der Waals surface area contributed by atoms with Gasteiger partial charge in [-0.2, -0.15) is 9.49 Å². The molecule has 0 bridgehead atoms. The predicted octanol–water partition coefficient (Wildman–Crippen LogP) is 3.94. The van der Waals surface area contributed by atoms with Gasteiger partial charge in [-0.1, -0.05) is 0 Å². The second kappa shape index (κ2) is 5.80. The first-order valence-corrected chi connectivity index (χ1v) is 7.15. The second-order valence-corrected chi connectivity index (χ2v) is 5.69. The first-order valence-electron chi connectivity index (χ1n) is 6.33. The Morgan fingerprint density at radius 3 is 2.76 bits per heavy atom. The molecule has 2 heterocycles. The number of hydrazone groups is 1. The predicted molar refractivity (Wildman–Crippen MR) is 74.5 cm³/mol. The highest BCUT2D eigenvalue weighted by molar-refractivity contribution is 7.12. The number of rotatable bonds is 5. The second-order valence-electron chi connectivity index (χ2n) is 4.63. The molecule has 0 aliphatic heterocycles. The van der Waals surface area contributed by atoms with Crippen molar-refractivity contribution in [3.63, 3.8) is 0 Å². The van der Waals surface area contributed by atoms with Gasteiger partial charge >= 0.3 is 0 Å². The summed E-state index contributed by atoms with van der Waals surface area (Å²) < 4.78 is 38.4. The van der Waals surface area contributed by atoms with E-state index in [1.807, 2.05) is 0 Å². The van der Waals surface area contributed by atoms with E-state index in [2.05, 4.69) is 20.5 Å². The van der Waals surface area contributed by atoms with Gasteiger partial charge in [0.25, 0.3) is 6.43 Å². The first-order chi connectivity index (χ1) is 10.1. The molecule has 3 rings (SSSR count). The quantitative estimate of drug-likeness (QED) is 0.672. The lowest BCUT2D eigenvalue weighted by Crippen LogP contribution is -2.03. The Kier molecular flexibility index (Phi) is 3.87. The number of hydrogen-bond acceptors (Lipinski definition) is 5. The van der Waals surface area contributed by atoms with Gasteiger partial charge in [-0.25, -0.2) is 24.2 Å². The van der Waals surface area contributed by atoms with Crippen molar-refractivity contribution in [2.75, 3.05) is 5.43 Å². The summed E-state index contributed by atoms with van der Waals surface area (Å²) in [6.45, 7) is 0. The minimum absolute atomic E-state index is 0.0305. The van der Waals surface area contributed by atoms with Gasteiger partial charge in [-0.3, -0.25) is 0 Å². The molecule has 0 unspecified atom stereocenters. The van der Waals surface area contributed by atoms with Gasteiger partial charge in [-0.15, -0.1) is 11.3 Å². The van der Waals surface area contributed by atoms with Crippen LogP contribution in [0.25, 0.3) is 0 Å². The third-order valence-corrected chi connectivity index (χ3v) is 3.74. The Morgan fingerprint density at radius 1 is 1.33 bits per heavy atom. The van der Waals surface area contributed by atoms with Crippen molar-refractivity contribution in [1.29, 1.82) is 0 Å². The van der Waals surface area contributed by atoms with Crippen LogP contribution in [0.3, 0.4) is 0 Å². The summed E-state index contributed by atoms with van der Waals surface area (Å²) in [5.74, 6) is 0.268. The van der Waals surface area contributed by atoms with E-state index in [1.54, 1.807) is 6.07 Å². The summed E-state index contributed by atoms with van der Waals surface area (Å²) in [5, 5.41) is 3.53. The zero-order valence-corrected chi connectivity index (χ0v) is 11.6. The van der Waals surface area contributed by atoms with Crippen LogP contribution in [0.1, 0.15) is 41.4 Å². The Morgan fingerprint density at radius 2 is 2.14 bits per heavy atom. The monoisotopic (exact) mass is 312 g/mol. The fourth-order valence-electron chi connectivity index (χ4n) is 1.79. The molecule has 0 saturated heterocycles. The SMILES string of the molecule is Fc1ccc(/C=N/Nc2nc(C(F)F)cc(C3CC3)n2)s1. The normalized spacial score (nSPS) is 15.0. The maximum absolute atomic E-state index is 12.8. The van der Waals surface area contributed by atoms with E-state index in [9.17, 15) is 13.2 Å². The molecule has 2 aromatic rings. The average molecular weight is 312 g/mol. The zero-order chi connectivity index (χ0) is 14.8. The molecule has 1 aliphatic rings. The van der Waals surface area contributed by atoms with Crippen LogP contribution in [-0.2, 0) is 0 Å². The molecule has 21 heavy (non-hydrogen) atoms. The molecule has 0 radical (unpaired) electrons. The fourth-order valence-corrected chi connectivity index (χ4v) is 2.39. The third-order valence-electron chi connectivity index (χ3n) is 2.94. The minimum atomic E-state index is -2.65. The van der Waals surface area contributed by atoms with E-state index in [0.717, 1.165) is 24.2 Å². The van der Waals surface area contributed by atoms with E-state index >= 15 is 0 Å². The van der Waals surface area contributed by atoms with Crippen LogP contribution >= 0.6 is 11.3 Å². The Balaban J connectivity index is 1.76. The van der Waals surface area contributed by atoms with Crippen molar-refractivity contribution in [2.45, 2.75) is 25.2 Å². The van der Waals surface area contributed by atoms with Crippen LogP contribution in [0.4, 0.5) is 19.1 Å². The standard InChI is InChI=1S/C13H11F3N4S/c14-11-4-3-8(21-11)6-17-20-13-18-9(7-1-2-7)5-10(19-13)12(15)16/h3-7,12H,1-2H2,(H,18,19,20)/b17-6+. The number of thiophene rings is 1. The van der Waals surface area contributed by atoms with Gasteiger partial charge in [0.05, 0.1) is 11.1 Å². The molecular formula is C13H11F3N4S. The van der Waals surface area contributed by atoms with E-state index in [-0.39, 0.29) is 22.7 Å². The summed E-state index contributed by atoms with van der Waals surface area (Å²) in [6.07, 6.45) is 0.651. The fraction of sp³-hybridized carbons (Fsp3) is 0.308. The summed E-state index contributed by atoms with van der Waals surface area (Å²) in [7, 11) is 0. The third kappa shape index (κ3) is 3.57. The minimum Gasteiger partial charge on any atom is -0.245 e. The van der Waals surface area contributed by atoms with Gasteiger partial charge in [0.2, 0.25) is 5.95 Å². The van der Waals surface area contributed by atoms with Crippen LogP contribution in [0.5, 0.6) is 0 Å². The largest absolute Gasteiger partial charge is 0.280 e. The highest BCUT2D eigenvalue weighted by Gasteiger charge is 2.27. The Hall–Kier alpha value is -1.96. The summed E-state index contributed by atoms with van der Waals surface area (Å²) in [6, 6.07) is 4.23. The van der Waals surface area contributed by atoms with E-state index in [0.29, 0.717) is 10.6 Å². The summed E-state index contributed by atoms with van der Waals surface area (Å²) in [4.78, 5) is 8.50. The van der Waals surface area contributed by atoms with E-state index in [4.69, 9.17) is 0 Å². The molecule has 1 N–H and O–H groups in total. The first kappa shape index (κ1) is 14.0. The number of anilines is 1. The molecule has 4 nitrogen and oxygen atoms in total. The van der Waals surface area contributed by atoms with Gasteiger partial charge in [0.15, 0.2) is 5.13 Å². The van der Waals surface area contributed by atoms with Crippen LogP contribution in [0, 0.1) is 5.13 Å².